The van der Waals surface area contributed by atoms with Gasteiger partial charge in [-0.25, -0.2) is 4.39 Å². The minimum absolute atomic E-state index is 0.309. The molecule has 2 aromatic carbocycles. The van der Waals surface area contributed by atoms with E-state index in [4.69, 9.17) is 10.3 Å². The summed E-state index contributed by atoms with van der Waals surface area (Å²) in [5.74, 6) is 0.437. The maximum absolute atomic E-state index is 12.8. The van der Waals surface area contributed by atoms with Crippen LogP contribution in [0.25, 0.3) is 22.8 Å². The third-order valence-electron chi connectivity index (χ3n) is 2.72. The number of nitrogens with two attached hydrogens (primary N) is 1. The van der Waals surface area contributed by atoms with Crippen LogP contribution in [0.15, 0.2) is 53.1 Å². The normalized spacial score (nSPS) is 10.6. The summed E-state index contributed by atoms with van der Waals surface area (Å²) in [4.78, 5) is 4.26. The topological polar surface area (TPSA) is 64.9 Å². The maximum Gasteiger partial charge on any atom is 0.258 e. The van der Waals surface area contributed by atoms with E-state index in [1.165, 1.54) is 12.1 Å². The van der Waals surface area contributed by atoms with E-state index in [2.05, 4.69) is 10.1 Å². The highest BCUT2D eigenvalue weighted by Crippen LogP contribution is 2.25. The number of para-hydroxylation sites is 1. The Kier molecular flexibility index (Phi) is 2.72. The molecule has 3 rings (SSSR count). The molecule has 0 spiro atoms. The zero-order valence-corrected chi connectivity index (χ0v) is 9.88. The highest BCUT2D eigenvalue weighted by atomic mass is 19.1. The van der Waals surface area contributed by atoms with Gasteiger partial charge in [-0.15, -0.1) is 0 Å². The number of benzene rings is 2. The van der Waals surface area contributed by atoms with Crippen LogP contribution in [0.1, 0.15) is 0 Å². The average molecular weight is 255 g/mol. The van der Waals surface area contributed by atoms with Gasteiger partial charge in [-0.05, 0) is 36.4 Å². The fourth-order valence-corrected chi connectivity index (χ4v) is 1.74. The van der Waals surface area contributed by atoms with Gasteiger partial charge in [-0.1, -0.05) is 17.3 Å². The molecule has 4 nitrogen and oxygen atoms in total. The van der Waals surface area contributed by atoms with Crippen molar-refractivity contribution in [1.82, 2.24) is 10.1 Å². The molecular formula is C14H10FN3O. The summed E-state index contributed by atoms with van der Waals surface area (Å²) in [6.07, 6.45) is 0. The predicted molar refractivity (Wildman–Crippen MR) is 69.5 cm³/mol. The molecule has 0 saturated heterocycles. The molecule has 0 amide bonds. The van der Waals surface area contributed by atoms with Crippen LogP contribution in [0.4, 0.5) is 10.1 Å². The lowest BCUT2D eigenvalue weighted by Gasteiger charge is -1.98. The lowest BCUT2D eigenvalue weighted by molar-refractivity contribution is 0.432. The van der Waals surface area contributed by atoms with E-state index in [-0.39, 0.29) is 5.82 Å². The molecular weight excluding hydrogens is 245 g/mol. The largest absolute Gasteiger partial charge is 0.398 e. The summed E-state index contributed by atoms with van der Waals surface area (Å²) in [7, 11) is 0. The van der Waals surface area contributed by atoms with Crippen LogP contribution in [0.2, 0.25) is 0 Å². The van der Waals surface area contributed by atoms with Gasteiger partial charge >= 0.3 is 0 Å². The van der Waals surface area contributed by atoms with E-state index >= 15 is 0 Å². The van der Waals surface area contributed by atoms with Gasteiger partial charge in [-0.2, -0.15) is 4.98 Å². The summed E-state index contributed by atoms with van der Waals surface area (Å²) in [6.45, 7) is 0. The molecule has 2 N–H and O–H groups in total. The number of aromatic nitrogens is 2. The van der Waals surface area contributed by atoms with Crippen molar-refractivity contribution in [2.24, 2.45) is 0 Å². The van der Waals surface area contributed by atoms with E-state index in [1.807, 2.05) is 18.2 Å². The molecule has 19 heavy (non-hydrogen) atoms. The van der Waals surface area contributed by atoms with Gasteiger partial charge < -0.3 is 10.3 Å². The Morgan fingerprint density at radius 2 is 1.74 bits per heavy atom. The first-order valence-electron chi connectivity index (χ1n) is 5.68. The van der Waals surface area contributed by atoms with Crippen LogP contribution >= 0.6 is 0 Å². The Balaban J connectivity index is 2.00. The monoisotopic (exact) mass is 255 g/mol. The highest BCUT2D eigenvalue weighted by Gasteiger charge is 2.12. The molecule has 1 heterocycles. The van der Waals surface area contributed by atoms with Crippen LogP contribution in [-0.2, 0) is 0 Å². The van der Waals surface area contributed by atoms with Gasteiger partial charge in [0.2, 0.25) is 5.82 Å². The van der Waals surface area contributed by atoms with E-state index in [0.717, 1.165) is 0 Å². The number of anilines is 1. The minimum atomic E-state index is -0.309. The van der Waals surface area contributed by atoms with Crippen LogP contribution < -0.4 is 5.73 Å². The third kappa shape index (κ3) is 2.18. The molecule has 0 aliphatic heterocycles. The third-order valence-corrected chi connectivity index (χ3v) is 2.72. The van der Waals surface area contributed by atoms with Gasteiger partial charge in [0, 0.05) is 16.8 Å². The van der Waals surface area contributed by atoms with Gasteiger partial charge in [-0.3, -0.25) is 0 Å². The number of nitrogens with zero attached hydrogens (tertiary/aromatic N) is 2. The maximum atomic E-state index is 12.8. The fourth-order valence-electron chi connectivity index (χ4n) is 1.74. The summed E-state index contributed by atoms with van der Waals surface area (Å²) in [5, 5.41) is 3.89. The molecule has 1 aromatic heterocycles. The average Bonchev–Trinajstić information content (AvgIpc) is 2.89. The molecule has 0 fully saturated rings. The zero-order chi connectivity index (χ0) is 13.2. The number of hydrogen-bond acceptors (Lipinski definition) is 4. The summed E-state index contributed by atoms with van der Waals surface area (Å²) in [6, 6.07) is 13.1. The Hall–Kier alpha value is -2.69. The first-order chi connectivity index (χ1) is 9.24. The van der Waals surface area contributed by atoms with E-state index in [9.17, 15) is 4.39 Å². The molecule has 0 bridgehead atoms. The van der Waals surface area contributed by atoms with Crippen molar-refractivity contribution in [3.63, 3.8) is 0 Å². The molecule has 0 aliphatic carbocycles. The Morgan fingerprint density at radius 1 is 1.00 bits per heavy atom. The first kappa shape index (κ1) is 11.4. The van der Waals surface area contributed by atoms with Crippen molar-refractivity contribution in [3.05, 3.63) is 54.3 Å². The second kappa shape index (κ2) is 4.53. The number of nitrogen functional groups attached to an aromatic ring is 1. The summed E-state index contributed by atoms with van der Waals surface area (Å²) in [5.41, 5.74) is 7.80. The lowest BCUT2D eigenvalue weighted by Crippen LogP contribution is -1.90. The molecule has 94 valence electrons. The SMILES string of the molecule is Nc1ccccc1-c1noc(-c2ccc(F)cc2)n1. The Morgan fingerprint density at radius 3 is 2.47 bits per heavy atom. The van der Waals surface area contributed by atoms with Crippen molar-refractivity contribution in [2.75, 3.05) is 5.73 Å². The molecule has 3 aromatic rings. The van der Waals surface area contributed by atoms with Crippen molar-refractivity contribution in [1.29, 1.82) is 0 Å². The molecule has 0 saturated carbocycles. The van der Waals surface area contributed by atoms with Crippen LogP contribution in [0.3, 0.4) is 0 Å². The van der Waals surface area contributed by atoms with Crippen molar-refractivity contribution in [2.45, 2.75) is 0 Å². The predicted octanol–water partition coefficient (Wildman–Crippen LogP) is 3.12. The van der Waals surface area contributed by atoms with Crippen LogP contribution in [0.5, 0.6) is 0 Å². The van der Waals surface area contributed by atoms with Gasteiger partial charge in [0.1, 0.15) is 5.82 Å². The van der Waals surface area contributed by atoms with Crippen molar-refractivity contribution >= 4 is 5.69 Å². The van der Waals surface area contributed by atoms with Crippen LogP contribution in [0, 0.1) is 5.82 Å². The van der Waals surface area contributed by atoms with E-state index < -0.39 is 0 Å². The molecule has 0 radical (unpaired) electrons. The molecule has 0 unspecified atom stereocenters. The van der Waals surface area contributed by atoms with Crippen molar-refractivity contribution < 1.29 is 8.91 Å². The second-order valence-electron chi connectivity index (χ2n) is 4.02. The minimum Gasteiger partial charge on any atom is -0.398 e. The zero-order valence-electron chi connectivity index (χ0n) is 9.88. The Labute approximate surface area is 108 Å². The van der Waals surface area contributed by atoms with E-state index in [0.29, 0.717) is 28.5 Å². The number of rotatable bonds is 2. The molecule has 5 heteroatoms. The first-order valence-corrected chi connectivity index (χ1v) is 5.68. The fraction of sp³-hybridized carbons (Fsp3) is 0. The van der Waals surface area contributed by atoms with Gasteiger partial charge in [0.05, 0.1) is 0 Å². The highest BCUT2D eigenvalue weighted by molar-refractivity contribution is 5.71. The smallest absolute Gasteiger partial charge is 0.258 e. The second-order valence-corrected chi connectivity index (χ2v) is 4.02. The van der Waals surface area contributed by atoms with E-state index in [1.54, 1.807) is 18.2 Å². The van der Waals surface area contributed by atoms with Gasteiger partial charge in [0.25, 0.3) is 5.89 Å². The summed E-state index contributed by atoms with van der Waals surface area (Å²) < 4.78 is 18.0. The number of halogens is 1. The molecule has 0 atom stereocenters. The number of hydrogen-bond donors (Lipinski definition) is 1. The van der Waals surface area contributed by atoms with Gasteiger partial charge in [0.15, 0.2) is 0 Å². The Bertz CT molecular complexity index is 707. The standard InChI is InChI=1S/C14H10FN3O/c15-10-7-5-9(6-8-10)14-17-13(18-19-14)11-3-1-2-4-12(11)16/h1-8H,16H2. The lowest BCUT2D eigenvalue weighted by atomic mass is 10.1. The summed E-state index contributed by atoms with van der Waals surface area (Å²) >= 11 is 0. The quantitative estimate of drug-likeness (QED) is 0.714. The van der Waals surface area contributed by atoms with Crippen molar-refractivity contribution in [3.8, 4) is 22.8 Å². The van der Waals surface area contributed by atoms with Crippen LogP contribution in [-0.4, -0.2) is 10.1 Å². The molecule has 0 aliphatic rings.